The number of thiophene rings is 1. The number of carbonyl (C=O) groups excluding carboxylic acids is 1. The number of hydrogen-bond donors (Lipinski definition) is 1. The number of benzene rings is 2. The molecule has 1 amide bonds. The minimum absolute atomic E-state index is 0.00218. The van der Waals surface area contributed by atoms with Crippen molar-refractivity contribution in [1.82, 2.24) is 14.9 Å². The van der Waals surface area contributed by atoms with Gasteiger partial charge in [-0.25, -0.2) is 4.98 Å². The molecule has 0 aliphatic carbocycles. The van der Waals surface area contributed by atoms with Crippen LogP contribution in [0.25, 0.3) is 11.0 Å². The number of rotatable bonds is 11. The average molecular weight is 462 g/mol. The molecule has 2 heterocycles. The highest BCUT2D eigenvalue weighted by atomic mass is 32.1. The zero-order valence-corrected chi connectivity index (χ0v) is 20.2. The Morgan fingerprint density at radius 2 is 1.94 bits per heavy atom. The topological polar surface area (TPSA) is 56.1 Å². The van der Waals surface area contributed by atoms with Crippen LogP contribution in [0.4, 0.5) is 0 Å². The van der Waals surface area contributed by atoms with Crippen LogP contribution in [0.3, 0.4) is 0 Å². The quantitative estimate of drug-likeness (QED) is 0.281. The van der Waals surface area contributed by atoms with Gasteiger partial charge in [0.2, 0.25) is 0 Å². The van der Waals surface area contributed by atoms with Crippen molar-refractivity contribution in [1.29, 1.82) is 0 Å². The van der Waals surface area contributed by atoms with Crippen LogP contribution >= 0.6 is 11.3 Å². The summed E-state index contributed by atoms with van der Waals surface area (Å²) in [4.78, 5) is 17.8. The Morgan fingerprint density at radius 1 is 1.06 bits per heavy atom. The van der Waals surface area contributed by atoms with Gasteiger partial charge in [0, 0.05) is 19.5 Å². The lowest BCUT2D eigenvalue weighted by atomic mass is 10.1. The van der Waals surface area contributed by atoms with E-state index in [1.165, 1.54) is 28.0 Å². The second-order valence-corrected chi connectivity index (χ2v) is 9.28. The van der Waals surface area contributed by atoms with Gasteiger partial charge in [-0.1, -0.05) is 30.3 Å². The summed E-state index contributed by atoms with van der Waals surface area (Å²) in [5.74, 6) is 2.06. The minimum atomic E-state index is 0.00218. The van der Waals surface area contributed by atoms with Gasteiger partial charge in [0.15, 0.2) is 0 Å². The van der Waals surface area contributed by atoms with Crippen LogP contribution in [0.2, 0.25) is 0 Å². The Balaban J connectivity index is 1.30. The molecule has 6 heteroatoms. The Bertz CT molecular complexity index is 1200. The van der Waals surface area contributed by atoms with Gasteiger partial charge in [0.05, 0.1) is 22.5 Å². The lowest BCUT2D eigenvalue weighted by Crippen LogP contribution is -2.24. The second-order valence-electron chi connectivity index (χ2n) is 8.33. The number of nitrogens with one attached hydrogen (secondary N) is 1. The SMILES string of the molecule is Cc1ccc(C)c(OCCCCn2c(CCCNC(=O)c3cccs3)nc3ccccc32)c1. The summed E-state index contributed by atoms with van der Waals surface area (Å²) < 4.78 is 8.35. The van der Waals surface area contributed by atoms with Crippen molar-refractivity contribution in [2.75, 3.05) is 13.2 Å². The molecule has 0 spiro atoms. The molecule has 0 saturated carbocycles. The van der Waals surface area contributed by atoms with E-state index in [2.05, 4.69) is 60.1 Å². The van der Waals surface area contributed by atoms with Crippen molar-refractivity contribution in [3.63, 3.8) is 0 Å². The molecule has 33 heavy (non-hydrogen) atoms. The van der Waals surface area contributed by atoms with E-state index in [0.29, 0.717) is 13.2 Å². The molecule has 5 nitrogen and oxygen atoms in total. The number of nitrogens with zero attached hydrogens (tertiary/aromatic N) is 2. The Labute approximate surface area is 199 Å². The third-order valence-corrected chi connectivity index (χ3v) is 6.59. The standard InChI is InChI=1S/C27H31N3O2S/c1-20-13-14-21(2)24(19-20)32-17-6-5-16-30-23-10-4-3-9-22(23)29-26(30)12-7-15-28-27(31)25-11-8-18-33-25/h3-4,8-11,13-14,18-19H,5-7,12,15-17H2,1-2H3,(H,28,31). The van der Waals surface area contributed by atoms with Gasteiger partial charge < -0.3 is 14.6 Å². The third-order valence-electron chi connectivity index (χ3n) is 5.72. The van der Waals surface area contributed by atoms with Crippen molar-refractivity contribution in [2.45, 2.75) is 46.1 Å². The van der Waals surface area contributed by atoms with Crippen LogP contribution in [0.1, 0.15) is 45.9 Å². The van der Waals surface area contributed by atoms with E-state index in [4.69, 9.17) is 9.72 Å². The fourth-order valence-electron chi connectivity index (χ4n) is 3.93. The first-order valence-electron chi connectivity index (χ1n) is 11.6. The normalized spacial score (nSPS) is 11.1. The second kappa shape index (κ2) is 11.1. The van der Waals surface area contributed by atoms with Gasteiger partial charge in [0.1, 0.15) is 11.6 Å². The summed E-state index contributed by atoms with van der Waals surface area (Å²) in [5, 5.41) is 4.93. The molecule has 172 valence electrons. The molecular formula is C27H31N3O2S. The number of aryl methyl sites for hydroxylation is 4. The summed E-state index contributed by atoms with van der Waals surface area (Å²) in [6.45, 7) is 6.44. The summed E-state index contributed by atoms with van der Waals surface area (Å²) in [5.41, 5.74) is 4.60. The first kappa shape index (κ1) is 23.1. The van der Waals surface area contributed by atoms with E-state index >= 15 is 0 Å². The number of imidazole rings is 1. The van der Waals surface area contributed by atoms with Crippen molar-refractivity contribution >= 4 is 28.3 Å². The highest BCUT2D eigenvalue weighted by Crippen LogP contribution is 2.21. The third kappa shape index (κ3) is 6.02. The molecule has 0 unspecified atom stereocenters. The van der Waals surface area contributed by atoms with Crippen LogP contribution < -0.4 is 10.1 Å². The molecule has 1 N–H and O–H groups in total. The van der Waals surface area contributed by atoms with Gasteiger partial charge in [-0.2, -0.15) is 0 Å². The molecule has 0 atom stereocenters. The summed E-state index contributed by atoms with van der Waals surface area (Å²) in [6.07, 6.45) is 3.69. The number of hydrogen-bond acceptors (Lipinski definition) is 4. The van der Waals surface area contributed by atoms with Gasteiger partial charge in [-0.05, 0) is 73.9 Å². The van der Waals surface area contributed by atoms with Crippen molar-refractivity contribution in [3.05, 3.63) is 81.8 Å². The van der Waals surface area contributed by atoms with Gasteiger partial charge in [0.25, 0.3) is 5.91 Å². The zero-order valence-electron chi connectivity index (χ0n) is 19.3. The molecule has 0 bridgehead atoms. The zero-order chi connectivity index (χ0) is 23.0. The maximum atomic E-state index is 12.1. The molecule has 0 saturated heterocycles. The summed E-state index contributed by atoms with van der Waals surface area (Å²) >= 11 is 1.47. The van der Waals surface area contributed by atoms with Crippen LogP contribution in [0.15, 0.2) is 60.0 Å². The van der Waals surface area contributed by atoms with Gasteiger partial charge >= 0.3 is 0 Å². The first-order chi connectivity index (χ1) is 16.1. The Hall–Kier alpha value is -3.12. The fraction of sp³-hybridized carbons (Fsp3) is 0.333. The Morgan fingerprint density at radius 3 is 2.79 bits per heavy atom. The van der Waals surface area contributed by atoms with E-state index in [9.17, 15) is 4.79 Å². The highest BCUT2D eigenvalue weighted by Gasteiger charge is 2.11. The molecular weight excluding hydrogens is 430 g/mol. The van der Waals surface area contributed by atoms with Gasteiger partial charge in [-0.3, -0.25) is 4.79 Å². The molecule has 2 aromatic carbocycles. The molecule has 0 radical (unpaired) electrons. The smallest absolute Gasteiger partial charge is 0.261 e. The summed E-state index contributed by atoms with van der Waals surface area (Å²) in [6, 6.07) is 18.4. The Kier molecular flexibility index (Phi) is 7.79. The molecule has 0 aliphatic heterocycles. The van der Waals surface area contributed by atoms with E-state index in [-0.39, 0.29) is 5.91 Å². The lowest BCUT2D eigenvalue weighted by molar-refractivity contribution is 0.0957. The number of amides is 1. The first-order valence-corrected chi connectivity index (χ1v) is 12.5. The molecule has 4 rings (SSSR count). The molecule has 0 aliphatic rings. The summed E-state index contributed by atoms with van der Waals surface area (Å²) in [7, 11) is 0. The maximum absolute atomic E-state index is 12.1. The number of unbranched alkanes of at least 4 members (excludes halogenated alkanes) is 1. The largest absolute Gasteiger partial charge is 0.493 e. The average Bonchev–Trinajstić information content (AvgIpc) is 3.47. The van der Waals surface area contributed by atoms with Crippen LogP contribution in [-0.2, 0) is 13.0 Å². The van der Waals surface area contributed by atoms with E-state index in [0.717, 1.165) is 54.2 Å². The number of ether oxygens (including phenoxy) is 1. The predicted molar refractivity (Wildman–Crippen MR) is 135 cm³/mol. The highest BCUT2D eigenvalue weighted by molar-refractivity contribution is 7.12. The number of para-hydroxylation sites is 2. The predicted octanol–water partition coefficient (Wildman–Crippen LogP) is 5.94. The van der Waals surface area contributed by atoms with Crippen molar-refractivity contribution in [2.24, 2.45) is 0 Å². The minimum Gasteiger partial charge on any atom is -0.493 e. The molecule has 4 aromatic rings. The lowest BCUT2D eigenvalue weighted by Gasteiger charge is -2.12. The van der Waals surface area contributed by atoms with Crippen LogP contribution in [0.5, 0.6) is 5.75 Å². The van der Waals surface area contributed by atoms with Crippen LogP contribution in [0, 0.1) is 13.8 Å². The van der Waals surface area contributed by atoms with E-state index in [1.807, 2.05) is 23.6 Å². The molecule has 0 fully saturated rings. The van der Waals surface area contributed by atoms with E-state index < -0.39 is 0 Å². The molecule has 2 aromatic heterocycles. The number of carbonyl (C=O) groups is 1. The van der Waals surface area contributed by atoms with Gasteiger partial charge in [-0.15, -0.1) is 11.3 Å². The monoisotopic (exact) mass is 461 g/mol. The number of aromatic nitrogens is 2. The van der Waals surface area contributed by atoms with E-state index in [1.54, 1.807) is 0 Å². The number of fused-ring (bicyclic) bond motifs is 1. The maximum Gasteiger partial charge on any atom is 0.261 e. The van der Waals surface area contributed by atoms with Crippen LogP contribution in [-0.4, -0.2) is 28.6 Å². The van der Waals surface area contributed by atoms with Crippen molar-refractivity contribution < 1.29 is 9.53 Å². The fourth-order valence-corrected chi connectivity index (χ4v) is 4.57. The van der Waals surface area contributed by atoms with Crippen molar-refractivity contribution in [3.8, 4) is 5.75 Å².